The van der Waals surface area contributed by atoms with Gasteiger partial charge in [0.05, 0.1) is 24.3 Å². The van der Waals surface area contributed by atoms with Gasteiger partial charge in [0.25, 0.3) is 0 Å². The summed E-state index contributed by atoms with van der Waals surface area (Å²) in [6, 6.07) is 15.1. The monoisotopic (exact) mass is 460 g/mol. The van der Waals surface area contributed by atoms with E-state index in [2.05, 4.69) is 4.98 Å². The number of nitrogens with zero attached hydrogens (tertiary/aromatic N) is 4. The highest BCUT2D eigenvalue weighted by molar-refractivity contribution is 5.81. The second kappa shape index (κ2) is 9.21. The maximum Gasteiger partial charge on any atom is 0.329 e. The van der Waals surface area contributed by atoms with Gasteiger partial charge >= 0.3 is 5.69 Å². The number of hydrogen-bond acceptors (Lipinski definition) is 5. The van der Waals surface area contributed by atoms with E-state index in [0.29, 0.717) is 18.9 Å². The van der Waals surface area contributed by atoms with Crippen LogP contribution in [0.1, 0.15) is 42.5 Å². The molecular weight excluding hydrogens is 432 g/mol. The van der Waals surface area contributed by atoms with Gasteiger partial charge in [-0.05, 0) is 49.1 Å². The molecule has 2 aromatic carbocycles. The molecule has 0 unspecified atom stereocenters. The number of rotatable bonds is 6. The molecule has 0 spiro atoms. The Labute approximate surface area is 197 Å². The van der Waals surface area contributed by atoms with Crippen LogP contribution in [-0.4, -0.2) is 38.6 Å². The third-order valence-corrected chi connectivity index (χ3v) is 6.54. The van der Waals surface area contributed by atoms with Crippen LogP contribution in [0.3, 0.4) is 0 Å². The summed E-state index contributed by atoms with van der Waals surface area (Å²) >= 11 is 0. The van der Waals surface area contributed by atoms with Crippen LogP contribution in [0, 0.1) is 0 Å². The maximum absolute atomic E-state index is 13.4. The van der Waals surface area contributed by atoms with Crippen LogP contribution in [0.2, 0.25) is 0 Å². The lowest BCUT2D eigenvalue weighted by molar-refractivity contribution is -0.136. The second-order valence-corrected chi connectivity index (χ2v) is 8.71. The number of carbonyl (C=O) groups excluding carboxylic acids is 1. The maximum atomic E-state index is 13.4. The Balaban J connectivity index is 1.36. The quantitative estimate of drug-likeness (QED) is 0.438. The molecule has 176 valence electrons. The number of likely N-dealkylation sites (tertiary alicyclic amines) is 1. The molecule has 1 amide bonds. The van der Waals surface area contributed by atoms with Crippen molar-refractivity contribution in [2.45, 2.75) is 38.3 Å². The number of benzene rings is 2. The van der Waals surface area contributed by atoms with Crippen molar-refractivity contribution in [3.8, 4) is 5.75 Å². The van der Waals surface area contributed by atoms with Crippen LogP contribution in [-0.2, 0) is 24.8 Å². The van der Waals surface area contributed by atoms with E-state index in [1.54, 1.807) is 29.5 Å². The molecule has 0 N–H and O–H groups in total. The van der Waals surface area contributed by atoms with E-state index < -0.39 is 0 Å². The lowest BCUT2D eigenvalue weighted by Crippen LogP contribution is -2.41. The number of carbonyl (C=O) groups is 1. The fraction of sp³-hybridized carbons (Fsp3) is 0.346. The third kappa shape index (κ3) is 4.11. The number of fused-ring (bicyclic) bond motifs is 1. The molecule has 1 aliphatic rings. The number of ether oxygens (including phenoxy) is 1. The number of hydrogen-bond donors (Lipinski definition) is 0. The molecule has 3 heterocycles. The van der Waals surface area contributed by atoms with Gasteiger partial charge in [-0.2, -0.15) is 0 Å². The molecule has 1 atom stereocenters. The van der Waals surface area contributed by atoms with Gasteiger partial charge < -0.3 is 14.1 Å². The van der Waals surface area contributed by atoms with Crippen LogP contribution in [0.25, 0.3) is 11.0 Å². The van der Waals surface area contributed by atoms with Crippen LogP contribution in [0.4, 0.5) is 0 Å². The van der Waals surface area contributed by atoms with E-state index in [-0.39, 0.29) is 24.2 Å². The first-order valence-corrected chi connectivity index (χ1v) is 11.6. The molecular formula is C26H28N4O4. The molecule has 5 rings (SSSR count). The molecule has 2 aromatic heterocycles. The molecule has 4 aromatic rings. The van der Waals surface area contributed by atoms with Crippen LogP contribution >= 0.6 is 0 Å². The molecule has 34 heavy (non-hydrogen) atoms. The van der Waals surface area contributed by atoms with Crippen molar-refractivity contribution < 1.29 is 13.9 Å². The van der Waals surface area contributed by atoms with Crippen molar-refractivity contribution in [3.05, 3.63) is 82.4 Å². The minimum Gasteiger partial charge on any atom is -0.497 e. The fourth-order valence-electron chi connectivity index (χ4n) is 4.77. The molecule has 8 nitrogen and oxygen atoms in total. The predicted octanol–water partition coefficient (Wildman–Crippen LogP) is 3.68. The highest BCUT2D eigenvalue weighted by Crippen LogP contribution is 2.31. The van der Waals surface area contributed by atoms with Gasteiger partial charge in [-0.1, -0.05) is 24.3 Å². The van der Waals surface area contributed by atoms with Crippen LogP contribution in [0.15, 0.2) is 63.9 Å². The average Bonchev–Trinajstić information content (AvgIpc) is 3.43. The van der Waals surface area contributed by atoms with Gasteiger partial charge in [0.15, 0.2) is 0 Å². The summed E-state index contributed by atoms with van der Waals surface area (Å²) in [6.45, 7) is 0.616. The van der Waals surface area contributed by atoms with Gasteiger partial charge in [0.2, 0.25) is 11.8 Å². The number of para-hydroxylation sites is 2. The number of piperidine rings is 1. The van der Waals surface area contributed by atoms with Gasteiger partial charge in [0, 0.05) is 20.0 Å². The Bertz CT molecular complexity index is 1380. The number of aromatic nitrogens is 3. The minimum atomic E-state index is -0.231. The number of aryl methyl sites for hydroxylation is 1. The molecule has 0 radical (unpaired) electrons. The zero-order chi connectivity index (χ0) is 23.7. The van der Waals surface area contributed by atoms with Gasteiger partial charge in [-0.15, -0.1) is 0 Å². The van der Waals surface area contributed by atoms with E-state index in [9.17, 15) is 9.59 Å². The van der Waals surface area contributed by atoms with Crippen molar-refractivity contribution in [3.63, 3.8) is 0 Å². The van der Waals surface area contributed by atoms with Crippen LogP contribution in [0.5, 0.6) is 5.75 Å². The summed E-state index contributed by atoms with van der Waals surface area (Å²) in [7, 11) is 3.37. The van der Waals surface area contributed by atoms with Gasteiger partial charge in [-0.3, -0.25) is 13.9 Å². The van der Waals surface area contributed by atoms with Gasteiger partial charge in [-0.25, -0.2) is 9.78 Å². The molecule has 1 fully saturated rings. The fourth-order valence-corrected chi connectivity index (χ4v) is 4.77. The van der Waals surface area contributed by atoms with Crippen LogP contribution < -0.4 is 10.4 Å². The topological polar surface area (TPSA) is 82.5 Å². The van der Waals surface area contributed by atoms with Crippen molar-refractivity contribution in [1.29, 1.82) is 0 Å². The minimum absolute atomic E-state index is 0.00589. The number of oxazole rings is 1. The van der Waals surface area contributed by atoms with Gasteiger partial charge in [0.1, 0.15) is 24.1 Å². The second-order valence-electron chi connectivity index (χ2n) is 8.71. The van der Waals surface area contributed by atoms with Crippen molar-refractivity contribution in [1.82, 2.24) is 19.0 Å². The third-order valence-electron chi connectivity index (χ3n) is 6.54. The first-order valence-electron chi connectivity index (χ1n) is 11.6. The van der Waals surface area contributed by atoms with E-state index in [4.69, 9.17) is 9.15 Å². The van der Waals surface area contributed by atoms with Crippen molar-refractivity contribution in [2.75, 3.05) is 13.7 Å². The average molecular weight is 461 g/mol. The predicted molar refractivity (Wildman–Crippen MR) is 128 cm³/mol. The van der Waals surface area contributed by atoms with E-state index >= 15 is 0 Å². The van der Waals surface area contributed by atoms with E-state index in [0.717, 1.165) is 47.4 Å². The summed E-state index contributed by atoms with van der Waals surface area (Å²) < 4.78 is 14.5. The largest absolute Gasteiger partial charge is 0.497 e. The summed E-state index contributed by atoms with van der Waals surface area (Å²) in [6.07, 6.45) is 5.03. The zero-order valence-electron chi connectivity index (χ0n) is 19.4. The first kappa shape index (κ1) is 22.0. The molecule has 0 aliphatic carbocycles. The number of imidazole rings is 1. The summed E-state index contributed by atoms with van der Waals surface area (Å²) in [5, 5.41) is 0. The standard InChI is InChI=1S/C26H28N4O4/c1-28-21-10-3-4-11-22(21)30(26(28)32)17-24(31)29-13-6-5-12-23(29)25-27-16-20(34-25)15-18-8-7-9-19(14-18)33-2/h3-4,7-11,14,16,23H,5-6,12-13,15,17H2,1-2H3/t23-/m1/s1. The first-order chi connectivity index (χ1) is 16.5. The van der Waals surface area contributed by atoms with E-state index in [1.165, 1.54) is 0 Å². The molecule has 1 aliphatic heterocycles. The smallest absolute Gasteiger partial charge is 0.329 e. The molecule has 8 heteroatoms. The number of methoxy groups -OCH3 is 1. The zero-order valence-corrected chi connectivity index (χ0v) is 19.4. The van der Waals surface area contributed by atoms with E-state index in [1.807, 2.05) is 53.4 Å². The van der Waals surface area contributed by atoms with Crippen molar-refractivity contribution >= 4 is 16.9 Å². The SMILES string of the molecule is COc1cccc(Cc2cnc([C@H]3CCCCN3C(=O)Cn3c(=O)n(C)c4ccccc43)o2)c1. The molecule has 0 saturated carbocycles. The van der Waals surface area contributed by atoms with Crippen molar-refractivity contribution in [2.24, 2.45) is 7.05 Å². The summed E-state index contributed by atoms with van der Waals surface area (Å²) in [4.78, 5) is 32.5. The Morgan fingerprint density at radius 2 is 1.97 bits per heavy atom. The highest BCUT2D eigenvalue weighted by Gasteiger charge is 2.32. The lowest BCUT2D eigenvalue weighted by Gasteiger charge is -2.33. The summed E-state index contributed by atoms with van der Waals surface area (Å²) in [5.74, 6) is 1.99. The summed E-state index contributed by atoms with van der Waals surface area (Å²) in [5.41, 5.74) is 2.44. The lowest BCUT2D eigenvalue weighted by atomic mass is 10.0. The molecule has 0 bridgehead atoms. The molecule has 1 saturated heterocycles. The highest BCUT2D eigenvalue weighted by atomic mass is 16.5. The normalized spacial score (nSPS) is 16.2. The Hall–Kier alpha value is -3.81. The Morgan fingerprint density at radius 1 is 1.15 bits per heavy atom. The Kier molecular flexibility index (Phi) is 5.96. The number of amides is 1. The Morgan fingerprint density at radius 3 is 2.79 bits per heavy atom.